The number of benzene rings is 2. The molecule has 0 heterocycles. The van der Waals surface area contributed by atoms with Gasteiger partial charge in [0.25, 0.3) is 11.6 Å². The van der Waals surface area contributed by atoms with Gasteiger partial charge in [-0.2, -0.15) is 0 Å². The maximum Gasteiger partial charge on any atom is 0.338 e. The molecule has 10 nitrogen and oxygen atoms in total. The highest BCUT2D eigenvalue weighted by Crippen LogP contribution is 2.35. The smallest absolute Gasteiger partial charge is 0.338 e. The van der Waals surface area contributed by atoms with E-state index >= 15 is 0 Å². The van der Waals surface area contributed by atoms with Gasteiger partial charge in [0.15, 0.2) is 11.5 Å². The van der Waals surface area contributed by atoms with Gasteiger partial charge in [-0.3, -0.25) is 14.9 Å². The van der Waals surface area contributed by atoms with Crippen molar-refractivity contribution in [2.24, 2.45) is 0 Å². The van der Waals surface area contributed by atoms with Crippen molar-refractivity contribution >= 4 is 23.3 Å². The Kier molecular flexibility index (Phi) is 9.43. The second kappa shape index (κ2) is 12.3. The number of hydrogen-bond donors (Lipinski definition) is 1. The third-order valence-corrected chi connectivity index (χ3v) is 4.38. The van der Waals surface area contributed by atoms with Crippen LogP contribution in [0, 0.1) is 10.1 Å². The van der Waals surface area contributed by atoms with Crippen LogP contribution in [0.25, 0.3) is 0 Å². The van der Waals surface area contributed by atoms with E-state index in [1.165, 1.54) is 44.6 Å². The number of hydrogen-bond acceptors (Lipinski definition) is 8. The lowest BCUT2D eigenvalue weighted by molar-refractivity contribution is -0.385. The summed E-state index contributed by atoms with van der Waals surface area (Å²) in [7, 11) is 2.86. The van der Waals surface area contributed by atoms with E-state index in [1.807, 2.05) is 6.92 Å². The zero-order valence-electron chi connectivity index (χ0n) is 18.2. The zero-order chi connectivity index (χ0) is 23.5. The van der Waals surface area contributed by atoms with Crippen LogP contribution in [-0.2, 0) is 9.47 Å². The van der Waals surface area contributed by atoms with Gasteiger partial charge in [-0.05, 0) is 30.7 Å². The third kappa shape index (κ3) is 6.67. The molecular weight excluding hydrogens is 420 g/mol. The highest BCUT2D eigenvalue weighted by atomic mass is 16.6. The average Bonchev–Trinajstić information content (AvgIpc) is 2.79. The van der Waals surface area contributed by atoms with E-state index in [4.69, 9.17) is 18.9 Å². The van der Waals surface area contributed by atoms with Crippen LogP contribution >= 0.6 is 0 Å². The van der Waals surface area contributed by atoms with Crippen molar-refractivity contribution in [3.05, 3.63) is 57.6 Å². The van der Waals surface area contributed by atoms with Gasteiger partial charge in [-0.25, -0.2) is 4.79 Å². The summed E-state index contributed by atoms with van der Waals surface area (Å²) >= 11 is 0. The van der Waals surface area contributed by atoms with E-state index in [0.717, 1.165) is 18.9 Å². The second-order valence-corrected chi connectivity index (χ2v) is 6.64. The van der Waals surface area contributed by atoms with Crippen molar-refractivity contribution in [2.75, 3.05) is 39.4 Å². The highest BCUT2D eigenvalue weighted by molar-refractivity contribution is 6.07. The maximum absolute atomic E-state index is 12.7. The number of nitrogens with one attached hydrogen (secondary N) is 1. The Labute approximate surface area is 185 Å². The van der Waals surface area contributed by atoms with Crippen LogP contribution in [-0.4, -0.2) is 50.8 Å². The lowest BCUT2D eigenvalue weighted by Crippen LogP contribution is -2.15. The van der Waals surface area contributed by atoms with E-state index in [9.17, 15) is 19.7 Å². The molecule has 0 spiro atoms. The standard InChI is InChI=1S/C22H26N2O8/c1-4-5-10-32-22(26)15-6-8-16(9-7-15)23-21(25)17-13-19(30-3)20(31-12-11-29-2)14-18(17)24(27)28/h6-9,13-14H,4-5,10-12H2,1-3H3,(H,23,25). The Morgan fingerprint density at radius 2 is 1.75 bits per heavy atom. The molecule has 0 saturated heterocycles. The molecule has 0 saturated carbocycles. The van der Waals surface area contributed by atoms with Crippen molar-refractivity contribution < 1.29 is 33.5 Å². The Morgan fingerprint density at radius 1 is 1.03 bits per heavy atom. The molecule has 0 bridgehead atoms. The summed E-state index contributed by atoms with van der Waals surface area (Å²) in [6.45, 7) is 2.77. The molecular formula is C22H26N2O8. The molecule has 172 valence electrons. The first-order valence-corrected chi connectivity index (χ1v) is 9.98. The normalized spacial score (nSPS) is 10.3. The Bertz CT molecular complexity index is 944. The van der Waals surface area contributed by atoms with Crippen molar-refractivity contribution in [2.45, 2.75) is 19.8 Å². The molecule has 0 aliphatic carbocycles. The third-order valence-electron chi connectivity index (χ3n) is 4.38. The first-order chi connectivity index (χ1) is 15.4. The van der Waals surface area contributed by atoms with E-state index in [0.29, 0.717) is 17.9 Å². The van der Waals surface area contributed by atoms with Gasteiger partial charge >= 0.3 is 5.97 Å². The number of anilines is 1. The summed E-state index contributed by atoms with van der Waals surface area (Å²) in [5.74, 6) is -0.877. The van der Waals surface area contributed by atoms with E-state index in [-0.39, 0.29) is 30.3 Å². The van der Waals surface area contributed by atoms with Crippen LogP contribution in [0.4, 0.5) is 11.4 Å². The topological polar surface area (TPSA) is 126 Å². The molecule has 0 fully saturated rings. The maximum atomic E-state index is 12.7. The van der Waals surface area contributed by atoms with E-state index in [2.05, 4.69) is 5.32 Å². The van der Waals surface area contributed by atoms with Crippen LogP contribution < -0.4 is 14.8 Å². The summed E-state index contributed by atoms with van der Waals surface area (Å²) in [6.07, 6.45) is 1.69. The Balaban J connectivity index is 2.19. The molecule has 2 aromatic carbocycles. The SMILES string of the molecule is CCCCOC(=O)c1ccc(NC(=O)c2cc(OC)c(OCCOC)cc2[N+](=O)[O-])cc1. The van der Waals surface area contributed by atoms with Crippen LogP contribution in [0.3, 0.4) is 0 Å². The lowest BCUT2D eigenvalue weighted by Gasteiger charge is -2.13. The molecule has 0 aromatic heterocycles. The van der Waals surface area contributed by atoms with Crippen molar-refractivity contribution in [3.63, 3.8) is 0 Å². The molecule has 1 amide bonds. The van der Waals surface area contributed by atoms with Gasteiger partial charge < -0.3 is 24.3 Å². The zero-order valence-corrected chi connectivity index (χ0v) is 18.2. The number of rotatable bonds is 12. The number of ether oxygens (including phenoxy) is 4. The van der Waals surface area contributed by atoms with Gasteiger partial charge in [0.05, 0.1) is 36.9 Å². The average molecular weight is 446 g/mol. The largest absolute Gasteiger partial charge is 0.493 e. The Hall–Kier alpha value is -3.66. The van der Waals surface area contributed by atoms with Crippen molar-refractivity contribution in [1.82, 2.24) is 0 Å². The number of carbonyl (C=O) groups is 2. The molecule has 2 aromatic rings. The monoisotopic (exact) mass is 446 g/mol. The predicted octanol–water partition coefficient (Wildman–Crippen LogP) is 3.84. The molecule has 10 heteroatoms. The molecule has 0 aliphatic heterocycles. The van der Waals surface area contributed by atoms with Crippen molar-refractivity contribution in [3.8, 4) is 11.5 Å². The van der Waals surface area contributed by atoms with Gasteiger partial charge in [-0.15, -0.1) is 0 Å². The molecule has 32 heavy (non-hydrogen) atoms. The minimum absolute atomic E-state index is 0.124. The molecule has 1 N–H and O–H groups in total. The molecule has 0 radical (unpaired) electrons. The second-order valence-electron chi connectivity index (χ2n) is 6.64. The molecule has 0 aliphatic rings. The highest BCUT2D eigenvalue weighted by Gasteiger charge is 2.25. The number of amides is 1. The number of nitrogens with zero attached hydrogens (tertiary/aromatic N) is 1. The summed E-state index contributed by atoms with van der Waals surface area (Å²) in [4.78, 5) is 35.6. The van der Waals surface area contributed by atoms with Crippen LogP contribution in [0.1, 0.15) is 40.5 Å². The summed E-state index contributed by atoms with van der Waals surface area (Å²) in [5.41, 5.74) is 0.0546. The molecule has 0 atom stereocenters. The fourth-order valence-corrected chi connectivity index (χ4v) is 2.67. The minimum Gasteiger partial charge on any atom is -0.493 e. The van der Waals surface area contributed by atoms with Crippen LogP contribution in [0.2, 0.25) is 0 Å². The van der Waals surface area contributed by atoms with Gasteiger partial charge in [0, 0.05) is 18.9 Å². The number of nitro benzene ring substituents is 1. The van der Waals surface area contributed by atoms with Crippen LogP contribution in [0.5, 0.6) is 11.5 Å². The van der Waals surface area contributed by atoms with Crippen molar-refractivity contribution in [1.29, 1.82) is 0 Å². The molecule has 0 unspecified atom stereocenters. The van der Waals surface area contributed by atoms with Crippen LogP contribution in [0.15, 0.2) is 36.4 Å². The summed E-state index contributed by atoms with van der Waals surface area (Å²) in [6, 6.07) is 8.42. The quantitative estimate of drug-likeness (QED) is 0.226. The predicted molar refractivity (Wildman–Crippen MR) is 117 cm³/mol. The van der Waals surface area contributed by atoms with E-state index in [1.54, 1.807) is 0 Å². The number of methoxy groups -OCH3 is 2. The fraction of sp³-hybridized carbons (Fsp3) is 0.364. The van der Waals surface area contributed by atoms with E-state index < -0.39 is 22.5 Å². The number of nitro groups is 1. The fourth-order valence-electron chi connectivity index (χ4n) is 2.67. The lowest BCUT2D eigenvalue weighted by atomic mass is 10.1. The minimum atomic E-state index is -0.711. The molecule has 2 rings (SSSR count). The summed E-state index contributed by atoms with van der Waals surface area (Å²) in [5, 5.41) is 14.1. The number of carbonyl (C=O) groups excluding carboxylic acids is 2. The first kappa shape index (κ1) is 24.6. The van der Waals surface area contributed by atoms with Gasteiger partial charge in [0.1, 0.15) is 12.2 Å². The van der Waals surface area contributed by atoms with Gasteiger partial charge in [0.2, 0.25) is 0 Å². The Morgan fingerprint density at radius 3 is 2.34 bits per heavy atom. The summed E-state index contributed by atoms with van der Waals surface area (Å²) < 4.78 is 20.7. The number of esters is 1. The van der Waals surface area contributed by atoms with Gasteiger partial charge in [-0.1, -0.05) is 13.3 Å². The number of unbranched alkanes of at least 4 members (excludes halogenated alkanes) is 1. The first-order valence-electron chi connectivity index (χ1n) is 9.98.